The number of hydrogen-bond acceptors (Lipinski definition) is 4. The highest BCUT2D eigenvalue weighted by Gasteiger charge is 2.26. The highest BCUT2D eigenvalue weighted by atomic mass is 79.9. The lowest BCUT2D eigenvalue weighted by atomic mass is 9.96. The van der Waals surface area contributed by atoms with Gasteiger partial charge in [-0.05, 0) is 33.7 Å². The van der Waals surface area contributed by atoms with Crippen molar-refractivity contribution in [2.75, 3.05) is 0 Å². The van der Waals surface area contributed by atoms with Gasteiger partial charge in [0.15, 0.2) is 0 Å². The van der Waals surface area contributed by atoms with Crippen LogP contribution in [0.1, 0.15) is 23.6 Å². The summed E-state index contributed by atoms with van der Waals surface area (Å²) in [5, 5.41) is 11.9. The Kier molecular flexibility index (Phi) is 3.31. The van der Waals surface area contributed by atoms with E-state index in [1.807, 2.05) is 30.3 Å². The van der Waals surface area contributed by atoms with E-state index in [2.05, 4.69) is 60.7 Å². The van der Waals surface area contributed by atoms with Crippen LogP contribution in [0, 0.1) is 0 Å². The van der Waals surface area contributed by atoms with Gasteiger partial charge in [-0.1, -0.05) is 63.5 Å². The van der Waals surface area contributed by atoms with Gasteiger partial charge < -0.3 is 0 Å². The zero-order chi connectivity index (χ0) is 14.9. The molecule has 0 N–H and O–H groups in total. The van der Waals surface area contributed by atoms with E-state index < -0.39 is 0 Å². The summed E-state index contributed by atoms with van der Waals surface area (Å²) in [5.74, 6) is 0.554. The first kappa shape index (κ1) is 13.3. The van der Waals surface area contributed by atoms with E-state index in [1.54, 1.807) is 4.68 Å². The predicted molar refractivity (Wildman–Crippen MR) is 87.4 cm³/mol. The molecule has 2 heterocycles. The van der Waals surface area contributed by atoms with E-state index in [0.717, 1.165) is 22.2 Å². The van der Waals surface area contributed by atoms with Crippen LogP contribution in [0.5, 0.6) is 0 Å². The first-order valence-electron chi connectivity index (χ1n) is 6.97. The van der Waals surface area contributed by atoms with Crippen LogP contribution in [0.3, 0.4) is 0 Å². The fraction of sp³-hybridized carbons (Fsp3) is 0.125. The fourth-order valence-corrected chi connectivity index (χ4v) is 2.92. The molecule has 0 aliphatic carbocycles. The largest absolute Gasteiger partial charge is 0.269 e. The van der Waals surface area contributed by atoms with Crippen LogP contribution in [-0.2, 0) is 0 Å². The van der Waals surface area contributed by atoms with Crippen LogP contribution in [0.4, 0.5) is 5.95 Å². The Morgan fingerprint density at radius 2 is 1.77 bits per heavy atom. The molecule has 22 heavy (non-hydrogen) atoms. The van der Waals surface area contributed by atoms with Crippen LogP contribution in [-0.4, -0.2) is 25.9 Å². The molecule has 0 saturated carbocycles. The number of tetrazole rings is 1. The Labute approximate surface area is 135 Å². The van der Waals surface area contributed by atoms with Crippen molar-refractivity contribution in [2.45, 2.75) is 12.5 Å². The van der Waals surface area contributed by atoms with Gasteiger partial charge in [0.05, 0.1) is 11.8 Å². The van der Waals surface area contributed by atoms with Gasteiger partial charge in [-0.25, -0.2) is 9.67 Å². The molecule has 0 spiro atoms. The van der Waals surface area contributed by atoms with Crippen LogP contribution < -0.4 is 0 Å². The lowest BCUT2D eigenvalue weighted by Gasteiger charge is -2.23. The molecule has 1 aliphatic rings. The maximum absolute atomic E-state index is 4.60. The number of fused-ring (bicyclic) bond motifs is 1. The number of hydrogen-bond donors (Lipinski definition) is 0. The van der Waals surface area contributed by atoms with Crippen molar-refractivity contribution in [3.8, 4) is 0 Å². The monoisotopic (exact) mass is 353 g/mol. The van der Waals surface area contributed by atoms with E-state index in [1.165, 1.54) is 5.56 Å². The second kappa shape index (κ2) is 5.46. The van der Waals surface area contributed by atoms with E-state index in [9.17, 15) is 0 Å². The molecule has 2 aromatic carbocycles. The van der Waals surface area contributed by atoms with Gasteiger partial charge in [-0.2, -0.15) is 0 Å². The van der Waals surface area contributed by atoms with Crippen molar-refractivity contribution in [3.05, 3.63) is 70.2 Å². The van der Waals surface area contributed by atoms with Crippen molar-refractivity contribution in [2.24, 2.45) is 4.99 Å². The van der Waals surface area contributed by atoms with Crippen LogP contribution >= 0.6 is 15.9 Å². The van der Waals surface area contributed by atoms with E-state index >= 15 is 0 Å². The molecule has 0 fully saturated rings. The number of rotatable bonds is 2. The SMILES string of the molecule is Brc1ccc(C2CC(c3ccccc3)=Nc3nnnn32)cc1. The quantitative estimate of drug-likeness (QED) is 0.707. The summed E-state index contributed by atoms with van der Waals surface area (Å²) in [5.41, 5.74) is 3.29. The standard InChI is InChI=1S/C16H12BrN5/c17-13-8-6-12(7-9-13)15-10-14(11-4-2-1-3-5-11)18-16-19-20-21-22(15)16/h1-9,15H,10H2. The van der Waals surface area contributed by atoms with Crippen molar-refractivity contribution in [1.29, 1.82) is 0 Å². The van der Waals surface area contributed by atoms with Crippen molar-refractivity contribution in [1.82, 2.24) is 20.2 Å². The Bertz CT molecular complexity index is 823. The Morgan fingerprint density at radius 1 is 1.00 bits per heavy atom. The van der Waals surface area contributed by atoms with Gasteiger partial charge in [-0.15, -0.1) is 0 Å². The molecule has 0 bridgehead atoms. The second-order valence-electron chi connectivity index (χ2n) is 5.12. The van der Waals surface area contributed by atoms with Gasteiger partial charge in [0.25, 0.3) is 5.95 Å². The van der Waals surface area contributed by atoms with E-state index in [0.29, 0.717) is 5.95 Å². The Hall–Kier alpha value is -2.34. The van der Waals surface area contributed by atoms with Crippen molar-refractivity contribution in [3.63, 3.8) is 0 Å². The van der Waals surface area contributed by atoms with E-state index in [-0.39, 0.29) is 6.04 Å². The summed E-state index contributed by atoms with van der Waals surface area (Å²) in [6.07, 6.45) is 0.768. The molecule has 0 radical (unpaired) electrons. The van der Waals surface area contributed by atoms with Crippen LogP contribution in [0.25, 0.3) is 0 Å². The smallest absolute Gasteiger partial charge is 0.214 e. The van der Waals surface area contributed by atoms with Crippen LogP contribution in [0.2, 0.25) is 0 Å². The van der Waals surface area contributed by atoms with Crippen molar-refractivity contribution >= 4 is 27.6 Å². The predicted octanol–water partition coefficient (Wildman–Crippen LogP) is 3.55. The summed E-state index contributed by atoms with van der Waals surface area (Å²) in [6.45, 7) is 0. The highest BCUT2D eigenvalue weighted by molar-refractivity contribution is 9.10. The normalized spacial score (nSPS) is 17.0. The lowest BCUT2D eigenvalue weighted by molar-refractivity contribution is 0.515. The average molecular weight is 354 g/mol. The zero-order valence-corrected chi connectivity index (χ0v) is 13.2. The molecule has 0 amide bonds. The van der Waals surface area contributed by atoms with Gasteiger partial charge in [-0.3, -0.25) is 0 Å². The first-order valence-corrected chi connectivity index (χ1v) is 7.77. The molecular weight excluding hydrogens is 342 g/mol. The summed E-state index contributed by atoms with van der Waals surface area (Å²) in [6, 6.07) is 18.5. The minimum absolute atomic E-state index is 0.0609. The molecule has 4 rings (SSSR count). The molecule has 1 unspecified atom stereocenters. The number of benzene rings is 2. The van der Waals surface area contributed by atoms with Crippen molar-refractivity contribution < 1.29 is 0 Å². The third-order valence-electron chi connectivity index (χ3n) is 3.75. The topological polar surface area (TPSA) is 56.0 Å². The van der Waals surface area contributed by atoms with E-state index in [4.69, 9.17) is 0 Å². The van der Waals surface area contributed by atoms with Crippen LogP contribution in [0.15, 0.2) is 64.1 Å². The molecule has 3 aromatic rings. The highest BCUT2D eigenvalue weighted by Crippen LogP contribution is 2.32. The molecule has 0 saturated heterocycles. The van der Waals surface area contributed by atoms with Gasteiger partial charge in [0.2, 0.25) is 0 Å². The molecule has 1 atom stereocenters. The summed E-state index contributed by atoms with van der Waals surface area (Å²) in [7, 11) is 0. The molecular formula is C16H12BrN5. The van der Waals surface area contributed by atoms with Gasteiger partial charge in [0, 0.05) is 10.9 Å². The fourth-order valence-electron chi connectivity index (χ4n) is 2.66. The number of halogens is 1. The number of aliphatic imine (C=N–C) groups is 1. The maximum Gasteiger partial charge on any atom is 0.269 e. The molecule has 6 heteroatoms. The average Bonchev–Trinajstić information content (AvgIpc) is 3.04. The van der Waals surface area contributed by atoms with Gasteiger partial charge in [0.1, 0.15) is 0 Å². The Morgan fingerprint density at radius 3 is 2.55 bits per heavy atom. The third kappa shape index (κ3) is 2.35. The van der Waals surface area contributed by atoms with Gasteiger partial charge >= 0.3 is 0 Å². The third-order valence-corrected chi connectivity index (χ3v) is 4.28. The first-order chi connectivity index (χ1) is 10.8. The summed E-state index contributed by atoms with van der Waals surface area (Å²) in [4.78, 5) is 4.60. The number of nitrogens with zero attached hydrogens (tertiary/aromatic N) is 5. The summed E-state index contributed by atoms with van der Waals surface area (Å²) >= 11 is 3.47. The minimum Gasteiger partial charge on any atom is -0.214 e. The zero-order valence-electron chi connectivity index (χ0n) is 11.6. The maximum atomic E-state index is 4.60. The lowest BCUT2D eigenvalue weighted by Crippen LogP contribution is -2.21. The second-order valence-corrected chi connectivity index (χ2v) is 6.04. The molecule has 1 aliphatic heterocycles. The summed E-state index contributed by atoms with van der Waals surface area (Å²) < 4.78 is 2.84. The molecule has 5 nitrogen and oxygen atoms in total. The minimum atomic E-state index is 0.0609. The number of aromatic nitrogens is 4. The molecule has 1 aromatic heterocycles. The molecule has 108 valence electrons. The Balaban J connectivity index is 1.79.